The number of quaternary nitrogens is 1. The summed E-state index contributed by atoms with van der Waals surface area (Å²) in [4.78, 5) is 17.8. The topological polar surface area (TPSA) is 46.4 Å². The second kappa shape index (κ2) is 7.07. The van der Waals surface area contributed by atoms with Crippen LogP contribution in [0.1, 0.15) is 18.0 Å². The van der Waals surface area contributed by atoms with Gasteiger partial charge < -0.3 is 10.2 Å². The Balaban J connectivity index is 1.66. The average Bonchev–Trinajstić information content (AvgIpc) is 3.00. The van der Waals surface area contributed by atoms with E-state index in [-0.39, 0.29) is 24.2 Å². The Morgan fingerprint density at radius 3 is 2.71 bits per heavy atom. The molecule has 1 aromatic heterocycles. The molecule has 2 atom stereocenters. The van der Waals surface area contributed by atoms with Gasteiger partial charge in [-0.2, -0.15) is 0 Å². The number of benzene rings is 2. The van der Waals surface area contributed by atoms with Crippen molar-refractivity contribution in [3.05, 3.63) is 59.4 Å². The van der Waals surface area contributed by atoms with E-state index in [4.69, 9.17) is 0 Å². The first kappa shape index (κ1) is 16.5. The van der Waals surface area contributed by atoms with Crippen molar-refractivity contribution in [1.29, 1.82) is 0 Å². The standard InChI is InChI=1S/C18H18FN3OS/c1-12(18-21-15-9-5-6-10-16(15)24-18)22(2)11-17(23)20-14-8-4-3-7-13(14)19/h3-10,12H,11H2,1-2H3,(H,20,23)/p+1/t12-/m1/s1. The predicted molar refractivity (Wildman–Crippen MR) is 94.8 cm³/mol. The van der Waals surface area contributed by atoms with E-state index in [0.29, 0.717) is 0 Å². The first-order chi connectivity index (χ1) is 11.5. The zero-order chi connectivity index (χ0) is 17.1. The first-order valence-electron chi connectivity index (χ1n) is 7.77. The van der Waals surface area contributed by atoms with E-state index >= 15 is 0 Å². The fourth-order valence-electron chi connectivity index (χ4n) is 2.45. The highest BCUT2D eigenvalue weighted by atomic mass is 32.1. The lowest BCUT2D eigenvalue weighted by atomic mass is 10.3. The van der Waals surface area contributed by atoms with Crippen molar-refractivity contribution in [3.63, 3.8) is 0 Å². The molecule has 2 N–H and O–H groups in total. The number of rotatable bonds is 5. The normalized spacial score (nSPS) is 13.6. The quantitative estimate of drug-likeness (QED) is 0.747. The van der Waals surface area contributed by atoms with Gasteiger partial charge in [0, 0.05) is 0 Å². The lowest BCUT2D eigenvalue weighted by Gasteiger charge is -2.19. The fraction of sp³-hybridized carbons (Fsp3) is 0.222. The van der Waals surface area contributed by atoms with E-state index in [2.05, 4.69) is 10.3 Å². The van der Waals surface area contributed by atoms with Crippen LogP contribution in [-0.2, 0) is 4.79 Å². The number of anilines is 1. The minimum atomic E-state index is -0.428. The molecule has 6 heteroatoms. The van der Waals surface area contributed by atoms with Crippen LogP contribution in [0, 0.1) is 5.82 Å². The minimum absolute atomic E-state index is 0.0776. The van der Waals surface area contributed by atoms with Gasteiger partial charge in [0.25, 0.3) is 5.91 Å². The SMILES string of the molecule is C[C@H](c1nc2ccccc2s1)[NH+](C)CC(=O)Nc1ccccc1F. The molecule has 124 valence electrons. The molecule has 1 amide bonds. The number of thiazole rings is 1. The molecule has 24 heavy (non-hydrogen) atoms. The summed E-state index contributed by atoms with van der Waals surface area (Å²) in [7, 11) is 1.94. The predicted octanol–water partition coefficient (Wildman–Crippen LogP) is 2.65. The number of halogens is 1. The Morgan fingerprint density at radius 2 is 1.96 bits per heavy atom. The third kappa shape index (κ3) is 3.60. The molecular weight excluding hydrogens is 325 g/mol. The van der Waals surface area contributed by atoms with Gasteiger partial charge in [0.2, 0.25) is 0 Å². The van der Waals surface area contributed by atoms with Crippen LogP contribution in [0.2, 0.25) is 0 Å². The van der Waals surface area contributed by atoms with Crippen molar-refractivity contribution in [2.24, 2.45) is 0 Å². The number of nitrogens with one attached hydrogen (secondary N) is 2. The molecule has 0 aliphatic rings. The lowest BCUT2D eigenvalue weighted by Crippen LogP contribution is -3.10. The number of fused-ring (bicyclic) bond motifs is 1. The molecule has 4 nitrogen and oxygen atoms in total. The van der Waals surface area contributed by atoms with Crippen molar-refractivity contribution in [1.82, 2.24) is 4.98 Å². The van der Waals surface area contributed by atoms with Gasteiger partial charge >= 0.3 is 0 Å². The number of carbonyl (C=O) groups is 1. The summed E-state index contributed by atoms with van der Waals surface area (Å²) < 4.78 is 14.7. The van der Waals surface area contributed by atoms with Crippen molar-refractivity contribution in [2.75, 3.05) is 18.9 Å². The Labute approximate surface area is 143 Å². The Bertz CT molecular complexity index is 831. The maximum atomic E-state index is 13.6. The van der Waals surface area contributed by atoms with Crippen LogP contribution >= 0.6 is 11.3 Å². The number of para-hydroxylation sites is 2. The highest BCUT2D eigenvalue weighted by Crippen LogP contribution is 2.24. The van der Waals surface area contributed by atoms with Crippen LogP contribution in [0.3, 0.4) is 0 Å². The number of carbonyl (C=O) groups excluding carboxylic acids is 1. The van der Waals surface area contributed by atoms with Gasteiger partial charge in [0.05, 0.1) is 23.0 Å². The Morgan fingerprint density at radius 1 is 1.25 bits per heavy atom. The van der Waals surface area contributed by atoms with Gasteiger partial charge in [-0.1, -0.05) is 24.3 Å². The number of likely N-dealkylation sites (N-methyl/N-ethyl adjacent to an activating group) is 1. The first-order valence-corrected chi connectivity index (χ1v) is 8.58. The smallest absolute Gasteiger partial charge is 0.279 e. The third-order valence-corrected chi connectivity index (χ3v) is 5.23. The fourth-order valence-corrected chi connectivity index (χ4v) is 3.56. The van der Waals surface area contributed by atoms with Crippen molar-refractivity contribution in [3.8, 4) is 0 Å². The number of amides is 1. The van der Waals surface area contributed by atoms with Crippen LogP contribution in [0.4, 0.5) is 10.1 Å². The summed E-state index contributed by atoms with van der Waals surface area (Å²) in [6.07, 6.45) is 0. The minimum Gasteiger partial charge on any atom is -0.322 e. The summed E-state index contributed by atoms with van der Waals surface area (Å²) in [5.41, 5.74) is 1.19. The zero-order valence-electron chi connectivity index (χ0n) is 13.5. The lowest BCUT2D eigenvalue weighted by molar-refractivity contribution is -0.902. The molecule has 1 heterocycles. The van der Waals surface area contributed by atoms with E-state index in [0.717, 1.165) is 20.1 Å². The molecule has 0 saturated carbocycles. The summed E-state index contributed by atoms with van der Waals surface area (Å²) in [5, 5.41) is 3.62. The molecule has 0 aliphatic carbocycles. The molecule has 2 aromatic carbocycles. The molecule has 0 bridgehead atoms. The molecule has 3 aromatic rings. The van der Waals surface area contributed by atoms with Gasteiger partial charge in [-0.15, -0.1) is 11.3 Å². The molecule has 1 unspecified atom stereocenters. The summed E-state index contributed by atoms with van der Waals surface area (Å²) >= 11 is 1.64. The van der Waals surface area contributed by atoms with E-state index in [1.54, 1.807) is 29.5 Å². The van der Waals surface area contributed by atoms with E-state index in [1.165, 1.54) is 6.07 Å². The second-order valence-electron chi connectivity index (χ2n) is 5.79. The summed E-state index contributed by atoms with van der Waals surface area (Å²) in [6, 6.07) is 14.2. The van der Waals surface area contributed by atoms with Crippen molar-refractivity contribution >= 4 is 33.1 Å². The second-order valence-corrected chi connectivity index (χ2v) is 6.85. The van der Waals surface area contributed by atoms with Gasteiger partial charge in [-0.25, -0.2) is 9.37 Å². The molecule has 0 aliphatic heterocycles. The third-order valence-electron chi connectivity index (χ3n) is 4.01. The molecule has 0 fully saturated rings. The number of hydrogen-bond acceptors (Lipinski definition) is 3. The van der Waals surface area contributed by atoms with Crippen LogP contribution in [-0.4, -0.2) is 24.5 Å². The molecule has 0 radical (unpaired) electrons. The molecule has 3 rings (SSSR count). The van der Waals surface area contributed by atoms with E-state index in [9.17, 15) is 9.18 Å². The van der Waals surface area contributed by atoms with Crippen LogP contribution < -0.4 is 10.2 Å². The Hall–Kier alpha value is -2.31. The Kier molecular flexibility index (Phi) is 4.87. The number of nitrogens with zero attached hydrogens (tertiary/aromatic N) is 1. The van der Waals surface area contributed by atoms with E-state index < -0.39 is 5.82 Å². The number of hydrogen-bond donors (Lipinski definition) is 2. The average molecular weight is 344 g/mol. The number of aromatic nitrogens is 1. The summed E-state index contributed by atoms with van der Waals surface area (Å²) in [5.74, 6) is -0.645. The molecule has 0 saturated heterocycles. The highest BCUT2D eigenvalue weighted by molar-refractivity contribution is 7.18. The monoisotopic (exact) mass is 344 g/mol. The van der Waals surface area contributed by atoms with Crippen LogP contribution in [0.15, 0.2) is 48.5 Å². The maximum Gasteiger partial charge on any atom is 0.279 e. The van der Waals surface area contributed by atoms with Gasteiger partial charge in [-0.05, 0) is 31.2 Å². The van der Waals surface area contributed by atoms with Crippen LogP contribution in [0.5, 0.6) is 0 Å². The highest BCUT2D eigenvalue weighted by Gasteiger charge is 2.22. The molecular formula is C18H19FN3OS+. The largest absolute Gasteiger partial charge is 0.322 e. The summed E-state index contributed by atoms with van der Waals surface area (Å²) in [6.45, 7) is 2.29. The van der Waals surface area contributed by atoms with Gasteiger partial charge in [0.15, 0.2) is 11.6 Å². The van der Waals surface area contributed by atoms with Gasteiger partial charge in [-0.3, -0.25) is 4.79 Å². The zero-order valence-corrected chi connectivity index (χ0v) is 14.4. The van der Waals surface area contributed by atoms with Gasteiger partial charge in [0.1, 0.15) is 11.9 Å². The maximum absolute atomic E-state index is 13.6. The van der Waals surface area contributed by atoms with Crippen molar-refractivity contribution in [2.45, 2.75) is 13.0 Å². The van der Waals surface area contributed by atoms with Crippen LogP contribution in [0.25, 0.3) is 10.2 Å². The molecule has 0 spiro atoms. The van der Waals surface area contributed by atoms with E-state index in [1.807, 2.05) is 38.2 Å². The van der Waals surface area contributed by atoms with Crippen molar-refractivity contribution < 1.29 is 14.1 Å².